The van der Waals surface area contributed by atoms with Crippen LogP contribution in [-0.4, -0.2) is 41.4 Å². The minimum atomic E-state index is 0.0442. The Balaban J connectivity index is 2.13. The molecule has 0 amide bonds. The molecule has 0 aromatic heterocycles. The number of benzene rings is 2. The first kappa shape index (κ1) is 25.7. The van der Waals surface area contributed by atoms with Crippen molar-refractivity contribution in [3.63, 3.8) is 0 Å². The summed E-state index contributed by atoms with van der Waals surface area (Å²) in [6, 6.07) is 16.2. The summed E-state index contributed by atoms with van der Waals surface area (Å²) in [6.45, 7) is 7.95. The van der Waals surface area contributed by atoms with E-state index in [2.05, 4.69) is 50.9 Å². The number of rotatable bonds is 14. The predicted octanol–water partition coefficient (Wildman–Crippen LogP) is 6.03. The van der Waals surface area contributed by atoms with E-state index in [9.17, 15) is 0 Å². The van der Waals surface area contributed by atoms with Crippen LogP contribution in [0.2, 0.25) is 11.1 Å². The van der Waals surface area contributed by atoms with Gasteiger partial charge in [-0.2, -0.15) is 0 Å². The van der Waals surface area contributed by atoms with Crippen molar-refractivity contribution in [2.24, 2.45) is 11.8 Å². The molecule has 2 unspecified atom stereocenters. The zero-order chi connectivity index (χ0) is 22.6. The maximum atomic E-state index is 6.55. The average Bonchev–Trinajstić information content (AvgIpc) is 2.81. The normalized spacial score (nSPS) is 15.2. The van der Waals surface area contributed by atoms with Crippen molar-refractivity contribution in [1.29, 1.82) is 0 Å². The first-order valence-corrected chi connectivity index (χ1v) is 13.9. The molecule has 4 nitrogen and oxygen atoms in total. The van der Waals surface area contributed by atoms with Gasteiger partial charge >= 0.3 is 195 Å². The van der Waals surface area contributed by atoms with Crippen molar-refractivity contribution in [3.05, 3.63) is 59.7 Å². The summed E-state index contributed by atoms with van der Waals surface area (Å²) in [5.41, 5.74) is 2.30. The number of ether oxygens (including phenoxy) is 4. The minimum absolute atomic E-state index is 0.0442. The number of hydrogen-bond acceptors (Lipinski definition) is 4. The van der Waals surface area contributed by atoms with Gasteiger partial charge in [0, 0.05) is 0 Å². The maximum absolute atomic E-state index is 6.55. The van der Waals surface area contributed by atoms with Gasteiger partial charge in [-0.3, -0.25) is 0 Å². The van der Waals surface area contributed by atoms with E-state index in [1.54, 1.807) is 14.2 Å². The van der Waals surface area contributed by atoms with Gasteiger partial charge in [-0.15, -0.1) is 0 Å². The van der Waals surface area contributed by atoms with Crippen molar-refractivity contribution >= 4 is 15.0 Å². The van der Waals surface area contributed by atoms with E-state index in [1.165, 1.54) is 5.32 Å². The second kappa shape index (κ2) is 13.8. The summed E-state index contributed by atoms with van der Waals surface area (Å²) in [5, 5.41) is 1.18. The van der Waals surface area contributed by atoms with Crippen LogP contribution in [0.25, 0.3) is 0 Å². The Morgan fingerprint density at radius 2 is 1.13 bits per heavy atom. The molecule has 0 aliphatic rings. The fraction of sp³-hybridized carbons (Fsp3) is 0.538. The molecular weight excluding hydrogens is 455 g/mol. The van der Waals surface area contributed by atoms with E-state index in [1.807, 2.05) is 24.3 Å². The Hall–Kier alpha value is -1.52. The van der Waals surface area contributed by atoms with E-state index in [0.717, 1.165) is 29.0 Å². The van der Waals surface area contributed by atoms with Gasteiger partial charge < -0.3 is 0 Å². The molecule has 31 heavy (non-hydrogen) atoms. The zero-order valence-corrected chi connectivity index (χ0v) is 21.5. The summed E-state index contributed by atoms with van der Waals surface area (Å²) >= 11 is 0.594. The van der Waals surface area contributed by atoms with Crippen molar-refractivity contribution < 1.29 is 18.9 Å². The van der Waals surface area contributed by atoms with E-state index in [4.69, 9.17) is 18.9 Å². The second-order valence-corrected chi connectivity index (χ2v) is 9.98. The Morgan fingerprint density at radius 1 is 0.710 bits per heavy atom. The van der Waals surface area contributed by atoms with Crippen molar-refractivity contribution in [1.82, 2.24) is 0 Å². The Bertz CT molecular complexity index is 732. The van der Waals surface area contributed by atoms with Gasteiger partial charge in [0.25, 0.3) is 0 Å². The van der Waals surface area contributed by atoms with Crippen LogP contribution in [0, 0.1) is 11.8 Å². The van der Waals surface area contributed by atoms with Gasteiger partial charge in [-0.1, -0.05) is 0 Å². The van der Waals surface area contributed by atoms with Crippen molar-refractivity contribution in [3.8, 4) is 11.5 Å². The van der Waals surface area contributed by atoms with Crippen LogP contribution in [0.5, 0.6) is 11.5 Å². The van der Waals surface area contributed by atoms with Crippen molar-refractivity contribution in [2.75, 3.05) is 14.2 Å². The first-order chi connectivity index (χ1) is 15.0. The molecule has 0 N–H and O–H groups in total. The molecule has 0 fully saturated rings. The Labute approximate surface area is 194 Å². The van der Waals surface area contributed by atoms with Gasteiger partial charge in [0.1, 0.15) is 0 Å². The fourth-order valence-electron chi connectivity index (χ4n) is 3.58. The topological polar surface area (TPSA) is 36.9 Å². The van der Waals surface area contributed by atoms with E-state index in [-0.39, 0.29) is 12.2 Å². The summed E-state index contributed by atoms with van der Waals surface area (Å²) in [6.07, 6.45) is 1.15. The SMILES string of the molecule is CCC(C)[C@@H](OCc1ccc(OC)cc1)C(OCc1ccc(OC)cc1)[C@H](C)C[Se]C. The van der Waals surface area contributed by atoms with Gasteiger partial charge in [0.05, 0.1) is 0 Å². The molecule has 2 rings (SSSR count). The molecular formula is C26H38O4Se. The molecule has 0 aliphatic carbocycles. The van der Waals surface area contributed by atoms with Crippen LogP contribution in [0.1, 0.15) is 38.3 Å². The molecule has 4 atom stereocenters. The van der Waals surface area contributed by atoms with Crippen LogP contribution in [0.4, 0.5) is 0 Å². The molecule has 5 heteroatoms. The molecule has 0 heterocycles. The van der Waals surface area contributed by atoms with Crippen LogP contribution >= 0.6 is 0 Å². The number of hydrogen-bond donors (Lipinski definition) is 0. The summed E-state index contributed by atoms with van der Waals surface area (Å²) in [5.74, 6) is 4.87. The molecule has 0 saturated carbocycles. The molecule has 172 valence electrons. The molecule has 2 aromatic carbocycles. The molecule has 0 aliphatic heterocycles. The van der Waals surface area contributed by atoms with E-state index in [0.29, 0.717) is 40.0 Å². The number of methoxy groups -OCH3 is 2. The fourth-order valence-corrected chi connectivity index (χ4v) is 5.09. The monoisotopic (exact) mass is 494 g/mol. The quantitative estimate of drug-likeness (QED) is 0.301. The van der Waals surface area contributed by atoms with Gasteiger partial charge in [-0.25, -0.2) is 0 Å². The molecule has 0 bridgehead atoms. The Morgan fingerprint density at radius 3 is 1.48 bits per heavy atom. The second-order valence-electron chi connectivity index (χ2n) is 8.07. The van der Waals surface area contributed by atoms with Crippen LogP contribution in [0.3, 0.4) is 0 Å². The molecule has 2 aromatic rings. The van der Waals surface area contributed by atoms with Crippen LogP contribution in [-0.2, 0) is 22.7 Å². The van der Waals surface area contributed by atoms with Crippen LogP contribution in [0.15, 0.2) is 48.5 Å². The first-order valence-electron chi connectivity index (χ1n) is 11.0. The van der Waals surface area contributed by atoms with Crippen LogP contribution < -0.4 is 9.47 Å². The van der Waals surface area contributed by atoms with Gasteiger partial charge in [0.15, 0.2) is 0 Å². The standard InChI is InChI=1S/C26H38O4Se/c1-7-19(2)25(29-16-21-8-12-23(27-4)13-9-21)26(20(3)18-31-6)30-17-22-10-14-24(28-5)15-11-22/h8-15,19-20,25-26H,7,16-18H2,1-6H3/t19?,20-,25-,26?/m1/s1. The third-order valence-electron chi connectivity index (χ3n) is 5.72. The summed E-state index contributed by atoms with van der Waals surface area (Å²) < 4.78 is 23.6. The average molecular weight is 494 g/mol. The summed E-state index contributed by atoms with van der Waals surface area (Å²) in [7, 11) is 3.37. The Kier molecular flexibility index (Phi) is 11.5. The third kappa shape index (κ3) is 8.16. The van der Waals surface area contributed by atoms with Crippen molar-refractivity contribution in [2.45, 2.75) is 63.8 Å². The van der Waals surface area contributed by atoms with Gasteiger partial charge in [-0.05, 0) is 0 Å². The summed E-state index contributed by atoms with van der Waals surface area (Å²) in [4.78, 5) is 0. The van der Waals surface area contributed by atoms with E-state index < -0.39 is 0 Å². The molecule has 0 spiro atoms. The van der Waals surface area contributed by atoms with E-state index >= 15 is 0 Å². The third-order valence-corrected chi connectivity index (χ3v) is 7.52. The van der Waals surface area contributed by atoms with Gasteiger partial charge in [0.2, 0.25) is 0 Å². The molecule has 0 saturated heterocycles. The molecule has 0 radical (unpaired) electrons. The zero-order valence-electron chi connectivity index (χ0n) is 19.8. The predicted molar refractivity (Wildman–Crippen MR) is 128 cm³/mol.